The summed E-state index contributed by atoms with van der Waals surface area (Å²) >= 11 is 1.01. The predicted molar refractivity (Wildman–Crippen MR) is 97.6 cm³/mol. The molecule has 26 heavy (non-hydrogen) atoms. The lowest BCUT2D eigenvalue weighted by molar-refractivity contribution is -0.131. The van der Waals surface area contributed by atoms with Gasteiger partial charge in [0.05, 0.1) is 16.7 Å². The van der Waals surface area contributed by atoms with Crippen LogP contribution in [0.3, 0.4) is 0 Å². The Morgan fingerprint density at radius 1 is 1.23 bits per heavy atom. The first kappa shape index (κ1) is 18.9. The van der Waals surface area contributed by atoms with Crippen LogP contribution in [0.5, 0.6) is 0 Å². The van der Waals surface area contributed by atoms with Crippen molar-refractivity contribution in [1.29, 1.82) is 0 Å². The summed E-state index contributed by atoms with van der Waals surface area (Å²) < 4.78 is 22.9. The van der Waals surface area contributed by atoms with Gasteiger partial charge in [0.15, 0.2) is 9.84 Å². The van der Waals surface area contributed by atoms with Gasteiger partial charge in [-0.25, -0.2) is 8.42 Å². The van der Waals surface area contributed by atoms with E-state index in [1.165, 1.54) is 4.90 Å². The second kappa shape index (κ2) is 7.40. The Balaban J connectivity index is 1.53. The molecule has 0 spiro atoms. The van der Waals surface area contributed by atoms with Gasteiger partial charge in [-0.2, -0.15) is 0 Å². The molecule has 0 bridgehead atoms. The highest BCUT2D eigenvalue weighted by Gasteiger charge is 2.39. The van der Waals surface area contributed by atoms with Gasteiger partial charge in [-0.1, -0.05) is 23.9 Å². The molecule has 2 heterocycles. The molecule has 140 valence electrons. The third-order valence-electron chi connectivity index (χ3n) is 4.64. The van der Waals surface area contributed by atoms with Gasteiger partial charge in [-0.15, -0.1) is 0 Å². The molecule has 7 nitrogen and oxygen atoms in total. The smallest absolute Gasteiger partial charge is 0.289 e. The van der Waals surface area contributed by atoms with Crippen molar-refractivity contribution in [2.45, 2.75) is 30.2 Å². The first-order valence-corrected chi connectivity index (χ1v) is 11.2. The van der Waals surface area contributed by atoms with E-state index >= 15 is 0 Å². The topological polar surface area (TPSA) is 91.8 Å². The van der Waals surface area contributed by atoms with Crippen molar-refractivity contribution in [3.05, 3.63) is 29.8 Å². The largest absolute Gasteiger partial charge is 0.341 e. The fraction of sp³-hybridized carbons (Fsp3) is 0.471. The summed E-state index contributed by atoms with van der Waals surface area (Å²) in [6.45, 7) is 0.933. The third-order valence-corrected chi connectivity index (χ3v) is 6.61. The molecule has 2 aliphatic heterocycles. The summed E-state index contributed by atoms with van der Waals surface area (Å²) in [5.41, 5.74) is 0.891. The average molecular weight is 396 g/mol. The van der Waals surface area contributed by atoms with Crippen LogP contribution in [0.4, 0.5) is 4.79 Å². The highest BCUT2D eigenvalue weighted by molar-refractivity contribution is 8.14. The second-order valence-electron chi connectivity index (χ2n) is 6.52. The van der Waals surface area contributed by atoms with Crippen LogP contribution < -0.4 is 0 Å². The van der Waals surface area contributed by atoms with Crippen LogP contribution in [0.2, 0.25) is 0 Å². The number of aryl methyl sites for hydroxylation is 1. The van der Waals surface area contributed by atoms with Crippen molar-refractivity contribution in [2.75, 3.05) is 25.1 Å². The molecule has 0 radical (unpaired) electrons. The molecule has 3 amide bonds. The van der Waals surface area contributed by atoms with Gasteiger partial charge in [-0.05, 0) is 30.5 Å². The van der Waals surface area contributed by atoms with E-state index in [0.717, 1.165) is 23.6 Å². The van der Waals surface area contributed by atoms with E-state index in [-0.39, 0.29) is 33.7 Å². The maximum Gasteiger partial charge on any atom is 0.289 e. The molecule has 2 aliphatic rings. The molecule has 3 rings (SSSR count). The number of sulfone groups is 1. The number of imide groups is 1. The Hall–Kier alpha value is -1.87. The van der Waals surface area contributed by atoms with Crippen LogP contribution in [0.1, 0.15) is 18.4 Å². The van der Waals surface area contributed by atoms with E-state index in [2.05, 4.69) is 0 Å². The number of nitrogens with zero attached hydrogens (tertiary/aromatic N) is 2. The number of likely N-dealkylation sites (tertiary alicyclic amines) is 1. The Kier molecular flexibility index (Phi) is 5.38. The fourth-order valence-electron chi connectivity index (χ4n) is 3.21. The number of hydrogen-bond acceptors (Lipinski definition) is 6. The van der Waals surface area contributed by atoms with Crippen molar-refractivity contribution in [3.63, 3.8) is 0 Å². The Morgan fingerprint density at radius 2 is 1.92 bits per heavy atom. The number of carbonyl (C=O) groups is 3. The minimum atomic E-state index is -3.22. The molecular weight excluding hydrogens is 376 g/mol. The summed E-state index contributed by atoms with van der Waals surface area (Å²) in [5.74, 6) is -0.0102. The van der Waals surface area contributed by atoms with E-state index in [1.54, 1.807) is 29.2 Å². The van der Waals surface area contributed by atoms with Gasteiger partial charge < -0.3 is 4.90 Å². The normalized spacial score (nSPS) is 20.9. The van der Waals surface area contributed by atoms with Gasteiger partial charge in [0.1, 0.15) is 0 Å². The molecule has 2 saturated heterocycles. The molecule has 2 fully saturated rings. The number of rotatable bonds is 5. The maximum atomic E-state index is 12.4. The zero-order chi connectivity index (χ0) is 18.9. The van der Waals surface area contributed by atoms with Crippen molar-refractivity contribution < 1.29 is 22.8 Å². The van der Waals surface area contributed by atoms with Crippen molar-refractivity contribution in [1.82, 2.24) is 9.80 Å². The maximum absolute atomic E-state index is 12.4. The van der Waals surface area contributed by atoms with Crippen LogP contribution in [0.15, 0.2) is 29.2 Å². The molecular formula is C17H20N2O5S2. The lowest BCUT2D eigenvalue weighted by Gasteiger charge is -2.22. The monoisotopic (exact) mass is 396 g/mol. The lowest BCUT2D eigenvalue weighted by Crippen LogP contribution is -2.41. The van der Waals surface area contributed by atoms with Gasteiger partial charge in [0.2, 0.25) is 11.8 Å². The molecule has 0 aromatic heterocycles. The van der Waals surface area contributed by atoms with E-state index in [1.807, 2.05) is 0 Å². The average Bonchev–Trinajstić information content (AvgIpc) is 3.19. The zero-order valence-electron chi connectivity index (χ0n) is 14.4. The Labute approximate surface area is 156 Å². The molecule has 0 saturated carbocycles. The van der Waals surface area contributed by atoms with E-state index < -0.39 is 9.84 Å². The summed E-state index contributed by atoms with van der Waals surface area (Å²) in [6.07, 6.45) is 2.60. The van der Waals surface area contributed by atoms with Gasteiger partial charge >= 0.3 is 0 Å². The number of thioether (sulfide) groups is 1. The Bertz CT molecular complexity index is 819. The van der Waals surface area contributed by atoms with Crippen LogP contribution in [0, 0.1) is 0 Å². The minimum Gasteiger partial charge on any atom is -0.341 e. The van der Waals surface area contributed by atoms with Crippen LogP contribution >= 0.6 is 11.8 Å². The van der Waals surface area contributed by atoms with Crippen LogP contribution in [-0.2, 0) is 25.8 Å². The van der Waals surface area contributed by atoms with E-state index in [9.17, 15) is 22.8 Å². The van der Waals surface area contributed by atoms with Gasteiger partial charge in [0.25, 0.3) is 5.24 Å². The summed E-state index contributed by atoms with van der Waals surface area (Å²) in [5, 5.41) is -0.222. The first-order chi connectivity index (χ1) is 12.3. The summed E-state index contributed by atoms with van der Waals surface area (Å²) in [7, 11) is -3.22. The van der Waals surface area contributed by atoms with Crippen LogP contribution in [0.25, 0.3) is 0 Å². The third kappa shape index (κ3) is 4.09. The summed E-state index contributed by atoms with van der Waals surface area (Å²) in [6, 6.07) is 6.31. The van der Waals surface area contributed by atoms with Crippen molar-refractivity contribution in [2.24, 2.45) is 0 Å². The highest BCUT2D eigenvalue weighted by atomic mass is 32.2. The Morgan fingerprint density at radius 3 is 2.50 bits per heavy atom. The SMILES string of the molecule is CS(=O)(=O)c1ccc(CCC(=O)N2CCC(N3C(=O)CSC3=O)C2)cc1. The molecule has 0 aliphatic carbocycles. The van der Waals surface area contributed by atoms with E-state index in [0.29, 0.717) is 32.4 Å². The lowest BCUT2D eigenvalue weighted by atomic mass is 10.1. The van der Waals surface area contributed by atoms with Gasteiger partial charge in [0, 0.05) is 25.8 Å². The molecule has 0 N–H and O–H groups in total. The second-order valence-corrected chi connectivity index (χ2v) is 9.46. The number of hydrogen-bond donors (Lipinski definition) is 0. The molecule has 1 atom stereocenters. The molecule has 1 aromatic carbocycles. The quantitative estimate of drug-likeness (QED) is 0.745. The van der Waals surface area contributed by atoms with Crippen molar-refractivity contribution >= 4 is 38.7 Å². The number of amides is 3. The number of carbonyl (C=O) groups excluding carboxylic acids is 3. The molecule has 1 aromatic rings. The molecule has 9 heteroatoms. The van der Waals surface area contributed by atoms with Gasteiger partial charge in [-0.3, -0.25) is 19.3 Å². The standard InChI is InChI=1S/C17H20N2O5S2/c1-26(23,24)14-5-2-12(3-6-14)4-7-15(20)18-9-8-13(10-18)19-16(21)11-25-17(19)22/h2-3,5-6,13H,4,7-11H2,1H3. The summed E-state index contributed by atoms with van der Waals surface area (Å²) in [4.78, 5) is 39.2. The number of benzene rings is 1. The van der Waals surface area contributed by atoms with Crippen LogP contribution in [-0.4, -0.2) is 66.4 Å². The fourth-order valence-corrected chi connectivity index (χ4v) is 4.62. The van der Waals surface area contributed by atoms with Crippen molar-refractivity contribution in [3.8, 4) is 0 Å². The zero-order valence-corrected chi connectivity index (χ0v) is 16.0. The highest BCUT2D eigenvalue weighted by Crippen LogP contribution is 2.26. The van der Waals surface area contributed by atoms with E-state index in [4.69, 9.17) is 0 Å². The predicted octanol–water partition coefficient (Wildman–Crippen LogP) is 1.32. The first-order valence-electron chi connectivity index (χ1n) is 8.31. The molecule has 1 unspecified atom stereocenters. The minimum absolute atomic E-state index is 0.0218.